The maximum absolute atomic E-state index is 12.8. The Labute approximate surface area is 166 Å². The maximum atomic E-state index is 12.8. The van der Waals surface area contributed by atoms with Crippen LogP contribution in [0.4, 0.5) is 0 Å². The number of pyridine rings is 1. The standard InChI is InChI=1S/C23H20INO/c1-23(2,3)18-13-7-12-17-19(20(24)22(26)25-21(17)18)16-11-6-9-14-8-4-5-10-15(14)16/h4-13H,1-3H3,(H,25,26). The van der Waals surface area contributed by atoms with Gasteiger partial charge >= 0.3 is 0 Å². The van der Waals surface area contributed by atoms with Gasteiger partial charge in [0.25, 0.3) is 5.56 Å². The molecule has 0 aliphatic heterocycles. The van der Waals surface area contributed by atoms with Crippen LogP contribution in [0.15, 0.2) is 65.5 Å². The van der Waals surface area contributed by atoms with Gasteiger partial charge in [0.05, 0.1) is 9.09 Å². The SMILES string of the molecule is CC(C)(C)c1cccc2c(-c3cccc4ccccc34)c(I)c(=O)[nH]c12. The summed E-state index contributed by atoms with van der Waals surface area (Å²) in [4.78, 5) is 15.9. The van der Waals surface area contributed by atoms with Crippen molar-refractivity contribution >= 4 is 44.3 Å². The van der Waals surface area contributed by atoms with Gasteiger partial charge in [0, 0.05) is 10.9 Å². The lowest BCUT2D eigenvalue weighted by Crippen LogP contribution is -2.17. The van der Waals surface area contributed by atoms with Gasteiger partial charge in [-0.05, 0) is 49.9 Å². The average molecular weight is 453 g/mol. The van der Waals surface area contributed by atoms with Crippen molar-refractivity contribution in [1.29, 1.82) is 0 Å². The van der Waals surface area contributed by atoms with E-state index in [-0.39, 0.29) is 11.0 Å². The molecule has 26 heavy (non-hydrogen) atoms. The monoisotopic (exact) mass is 453 g/mol. The Balaban J connectivity index is 2.20. The molecule has 0 atom stereocenters. The molecule has 2 nitrogen and oxygen atoms in total. The highest BCUT2D eigenvalue weighted by atomic mass is 127. The molecule has 0 aliphatic rings. The van der Waals surface area contributed by atoms with E-state index < -0.39 is 0 Å². The van der Waals surface area contributed by atoms with Crippen molar-refractivity contribution in [2.24, 2.45) is 0 Å². The summed E-state index contributed by atoms with van der Waals surface area (Å²) in [5, 5.41) is 3.44. The summed E-state index contributed by atoms with van der Waals surface area (Å²) in [6.45, 7) is 6.53. The Kier molecular flexibility index (Phi) is 4.14. The molecule has 0 aliphatic carbocycles. The fourth-order valence-corrected chi connectivity index (χ4v) is 4.34. The molecule has 0 radical (unpaired) electrons. The van der Waals surface area contributed by atoms with Crippen LogP contribution in [0.25, 0.3) is 32.8 Å². The Bertz CT molecular complexity index is 1190. The van der Waals surface area contributed by atoms with Gasteiger partial charge in [0.15, 0.2) is 0 Å². The Morgan fingerprint density at radius 2 is 1.50 bits per heavy atom. The average Bonchev–Trinajstić information content (AvgIpc) is 2.61. The van der Waals surface area contributed by atoms with E-state index in [1.165, 1.54) is 10.8 Å². The van der Waals surface area contributed by atoms with Crippen molar-refractivity contribution in [3.63, 3.8) is 0 Å². The van der Waals surface area contributed by atoms with E-state index in [0.29, 0.717) is 0 Å². The minimum Gasteiger partial charge on any atom is -0.321 e. The van der Waals surface area contributed by atoms with Gasteiger partial charge in [-0.2, -0.15) is 0 Å². The molecule has 0 unspecified atom stereocenters. The molecule has 4 aromatic rings. The number of rotatable bonds is 1. The van der Waals surface area contributed by atoms with Crippen LogP contribution in [0.2, 0.25) is 0 Å². The summed E-state index contributed by atoms with van der Waals surface area (Å²) in [5.74, 6) is 0. The van der Waals surface area contributed by atoms with E-state index in [2.05, 4.69) is 103 Å². The number of aromatic nitrogens is 1. The molecule has 0 saturated carbocycles. The number of fused-ring (bicyclic) bond motifs is 2. The third-order valence-corrected chi connectivity index (χ3v) is 5.89. The minimum absolute atomic E-state index is 0.0299. The van der Waals surface area contributed by atoms with E-state index in [1.54, 1.807) is 0 Å². The molecule has 0 saturated heterocycles. The number of para-hydroxylation sites is 1. The number of H-pyrrole nitrogens is 1. The molecule has 0 amide bonds. The van der Waals surface area contributed by atoms with Crippen LogP contribution in [0.5, 0.6) is 0 Å². The zero-order chi connectivity index (χ0) is 18.5. The van der Waals surface area contributed by atoms with Crippen molar-refractivity contribution in [2.75, 3.05) is 0 Å². The van der Waals surface area contributed by atoms with Gasteiger partial charge in [-0.15, -0.1) is 0 Å². The van der Waals surface area contributed by atoms with Crippen LogP contribution < -0.4 is 5.56 Å². The Morgan fingerprint density at radius 3 is 2.27 bits per heavy atom. The van der Waals surface area contributed by atoms with Crippen LogP contribution in [0.3, 0.4) is 0 Å². The smallest absolute Gasteiger partial charge is 0.262 e. The number of hydrogen-bond acceptors (Lipinski definition) is 1. The summed E-state index contributed by atoms with van der Waals surface area (Å²) in [6, 6.07) is 20.9. The van der Waals surface area contributed by atoms with Gasteiger partial charge in [-0.25, -0.2) is 0 Å². The zero-order valence-corrected chi connectivity index (χ0v) is 17.2. The summed E-state index contributed by atoms with van der Waals surface area (Å²) >= 11 is 2.18. The lowest BCUT2D eigenvalue weighted by molar-refractivity contribution is 0.594. The molecule has 4 rings (SSSR count). The van der Waals surface area contributed by atoms with E-state index >= 15 is 0 Å². The second kappa shape index (κ2) is 6.23. The highest BCUT2D eigenvalue weighted by Gasteiger charge is 2.21. The summed E-state index contributed by atoms with van der Waals surface area (Å²) in [7, 11) is 0. The third kappa shape index (κ3) is 2.75. The molecule has 130 valence electrons. The normalized spacial score (nSPS) is 12.0. The quantitative estimate of drug-likeness (QED) is 0.340. The van der Waals surface area contributed by atoms with Gasteiger partial charge < -0.3 is 4.98 Å². The van der Waals surface area contributed by atoms with Crippen LogP contribution in [0, 0.1) is 3.57 Å². The van der Waals surface area contributed by atoms with Crippen LogP contribution >= 0.6 is 22.6 Å². The van der Waals surface area contributed by atoms with Crippen LogP contribution in [-0.2, 0) is 5.41 Å². The van der Waals surface area contributed by atoms with Crippen molar-refractivity contribution in [3.8, 4) is 11.1 Å². The lowest BCUT2D eigenvalue weighted by atomic mass is 9.84. The molecule has 3 aromatic carbocycles. The number of benzene rings is 3. The second-order valence-corrected chi connectivity index (χ2v) is 8.73. The largest absolute Gasteiger partial charge is 0.321 e. The van der Waals surface area contributed by atoms with E-state index in [4.69, 9.17) is 0 Å². The van der Waals surface area contributed by atoms with E-state index in [9.17, 15) is 4.79 Å². The maximum Gasteiger partial charge on any atom is 0.262 e. The highest BCUT2D eigenvalue weighted by molar-refractivity contribution is 14.1. The van der Waals surface area contributed by atoms with E-state index in [1.807, 2.05) is 6.07 Å². The number of halogens is 1. The Morgan fingerprint density at radius 1 is 0.846 bits per heavy atom. The summed E-state index contributed by atoms with van der Waals surface area (Å²) in [6.07, 6.45) is 0. The number of aromatic amines is 1. The molecule has 0 spiro atoms. The Hall–Kier alpha value is -2.14. The molecular formula is C23H20INO. The van der Waals surface area contributed by atoms with Gasteiger partial charge in [0.1, 0.15) is 0 Å². The van der Waals surface area contributed by atoms with Gasteiger partial charge in [0.2, 0.25) is 0 Å². The van der Waals surface area contributed by atoms with Crippen LogP contribution in [0.1, 0.15) is 26.3 Å². The molecule has 1 heterocycles. The predicted molar refractivity (Wildman–Crippen MR) is 119 cm³/mol. The second-order valence-electron chi connectivity index (χ2n) is 7.65. The molecule has 3 heteroatoms. The fraction of sp³-hybridized carbons (Fsp3) is 0.174. The fourth-order valence-electron chi connectivity index (χ4n) is 3.63. The first-order valence-electron chi connectivity index (χ1n) is 8.71. The van der Waals surface area contributed by atoms with Crippen LogP contribution in [-0.4, -0.2) is 4.98 Å². The lowest BCUT2D eigenvalue weighted by Gasteiger charge is -2.22. The molecular weight excluding hydrogens is 433 g/mol. The summed E-state index contributed by atoms with van der Waals surface area (Å²) < 4.78 is 0.734. The zero-order valence-electron chi connectivity index (χ0n) is 15.1. The highest BCUT2D eigenvalue weighted by Crippen LogP contribution is 2.38. The van der Waals surface area contributed by atoms with Gasteiger partial charge in [-0.1, -0.05) is 81.4 Å². The molecule has 0 bridgehead atoms. The summed E-state index contributed by atoms with van der Waals surface area (Å²) in [5.41, 5.74) is 4.14. The topological polar surface area (TPSA) is 32.9 Å². The molecule has 1 N–H and O–H groups in total. The molecule has 0 fully saturated rings. The first-order valence-corrected chi connectivity index (χ1v) is 9.79. The predicted octanol–water partition coefficient (Wildman–Crippen LogP) is 6.25. The number of nitrogens with one attached hydrogen (secondary N) is 1. The van der Waals surface area contributed by atoms with E-state index in [0.717, 1.165) is 31.2 Å². The number of hydrogen-bond donors (Lipinski definition) is 1. The first-order chi connectivity index (χ1) is 12.4. The van der Waals surface area contributed by atoms with Crippen molar-refractivity contribution < 1.29 is 0 Å². The third-order valence-electron chi connectivity index (χ3n) is 4.86. The first kappa shape index (κ1) is 17.3. The van der Waals surface area contributed by atoms with Crippen molar-refractivity contribution in [1.82, 2.24) is 4.98 Å². The molecule has 1 aromatic heterocycles. The van der Waals surface area contributed by atoms with Gasteiger partial charge in [-0.3, -0.25) is 4.79 Å². The van der Waals surface area contributed by atoms with Crippen molar-refractivity contribution in [3.05, 3.63) is 80.2 Å². The van der Waals surface area contributed by atoms with Crippen molar-refractivity contribution in [2.45, 2.75) is 26.2 Å². The minimum atomic E-state index is -0.0503.